The average Bonchev–Trinajstić information content (AvgIpc) is 2.73. The van der Waals surface area contributed by atoms with Crippen LogP contribution >= 0.6 is 0 Å². The molecule has 2 aliphatic heterocycles. The van der Waals surface area contributed by atoms with Crippen molar-refractivity contribution in [3.63, 3.8) is 0 Å². The molecule has 2 atom stereocenters. The van der Waals surface area contributed by atoms with E-state index in [0.29, 0.717) is 0 Å². The van der Waals surface area contributed by atoms with E-state index >= 15 is 0 Å². The minimum atomic E-state index is -0.807. The van der Waals surface area contributed by atoms with E-state index in [0.717, 1.165) is 16.6 Å². The number of nitrogens with two attached hydrogens (primary N) is 1. The van der Waals surface area contributed by atoms with Crippen LogP contribution in [0.4, 0.5) is 4.79 Å². The van der Waals surface area contributed by atoms with E-state index in [1.165, 1.54) is 0 Å². The van der Waals surface area contributed by atoms with Crippen LogP contribution in [0.15, 0.2) is 18.2 Å². The zero-order valence-corrected chi connectivity index (χ0v) is 17.3. The van der Waals surface area contributed by atoms with Gasteiger partial charge >= 0.3 is 13.2 Å². The molecule has 27 heavy (non-hydrogen) atoms. The van der Waals surface area contributed by atoms with Crippen molar-refractivity contribution in [2.45, 2.75) is 71.9 Å². The predicted molar refractivity (Wildman–Crippen MR) is 104 cm³/mol. The molecule has 1 saturated heterocycles. The topological polar surface area (TPSA) is 80.0 Å². The van der Waals surface area contributed by atoms with Crippen LogP contribution in [0.5, 0.6) is 0 Å². The summed E-state index contributed by atoms with van der Waals surface area (Å²) in [7, 11) is -0.460. The Bertz CT molecular complexity index is 724. The molecule has 2 unspecified atom stereocenters. The number of amides is 1. The van der Waals surface area contributed by atoms with Gasteiger partial charge in [-0.05, 0) is 44.1 Å². The number of benzene rings is 1. The zero-order chi connectivity index (χ0) is 20.2. The fraction of sp³-hybridized carbons (Fsp3) is 0.650. The zero-order valence-electron chi connectivity index (χ0n) is 17.3. The largest absolute Gasteiger partial charge is 0.494 e. The molecule has 0 aliphatic carbocycles. The standard InChI is InChI=1S/C20H30BNO5/c1-18(2,3)16-14-10-12(21-26-19(4,5)20(6,7)27-21)8-9-13(14)15(11-24-16)25-17(22)23/h8-10,15-16H,11H2,1-7H3,(H2,22,23). The second kappa shape index (κ2) is 6.50. The fourth-order valence-corrected chi connectivity index (χ4v) is 3.56. The minimum Gasteiger partial charge on any atom is -0.439 e. The number of carbonyl (C=O) groups is 1. The van der Waals surface area contributed by atoms with Gasteiger partial charge in [0.25, 0.3) is 0 Å². The lowest BCUT2D eigenvalue weighted by Gasteiger charge is -2.38. The van der Waals surface area contributed by atoms with Gasteiger partial charge in [-0.15, -0.1) is 0 Å². The molecule has 6 nitrogen and oxygen atoms in total. The number of hydrogen-bond acceptors (Lipinski definition) is 5. The van der Waals surface area contributed by atoms with E-state index in [1.54, 1.807) is 0 Å². The van der Waals surface area contributed by atoms with Crippen molar-refractivity contribution in [3.05, 3.63) is 29.3 Å². The highest BCUT2D eigenvalue weighted by molar-refractivity contribution is 6.62. The molecule has 0 bridgehead atoms. The summed E-state index contributed by atoms with van der Waals surface area (Å²) in [6.45, 7) is 14.8. The van der Waals surface area contributed by atoms with E-state index in [4.69, 9.17) is 24.5 Å². The van der Waals surface area contributed by atoms with Crippen molar-refractivity contribution in [3.8, 4) is 0 Å². The first-order valence-electron chi connectivity index (χ1n) is 9.39. The molecular weight excluding hydrogens is 345 g/mol. The minimum absolute atomic E-state index is 0.124. The monoisotopic (exact) mass is 375 g/mol. The number of rotatable bonds is 2. The fourth-order valence-electron chi connectivity index (χ4n) is 3.56. The maximum Gasteiger partial charge on any atom is 0.494 e. The molecule has 1 aromatic carbocycles. The van der Waals surface area contributed by atoms with Gasteiger partial charge in [0.1, 0.15) is 0 Å². The summed E-state index contributed by atoms with van der Waals surface area (Å²) in [4.78, 5) is 11.3. The highest BCUT2D eigenvalue weighted by atomic mass is 16.7. The molecule has 2 aliphatic rings. The van der Waals surface area contributed by atoms with Gasteiger partial charge in [0.05, 0.1) is 23.9 Å². The summed E-state index contributed by atoms with van der Waals surface area (Å²) in [5.74, 6) is 0. The average molecular weight is 375 g/mol. The molecule has 2 heterocycles. The summed E-state index contributed by atoms with van der Waals surface area (Å²) in [6.07, 6.45) is -1.45. The van der Waals surface area contributed by atoms with E-state index < -0.39 is 30.5 Å². The highest BCUT2D eigenvalue weighted by Gasteiger charge is 2.52. The number of carbonyl (C=O) groups excluding carboxylic acids is 1. The van der Waals surface area contributed by atoms with Gasteiger partial charge in [-0.25, -0.2) is 4.79 Å². The quantitative estimate of drug-likeness (QED) is 0.803. The van der Waals surface area contributed by atoms with Crippen molar-refractivity contribution in [1.29, 1.82) is 0 Å². The summed E-state index contributed by atoms with van der Waals surface area (Å²) in [5.41, 5.74) is 7.10. The lowest BCUT2D eigenvalue weighted by atomic mass is 9.73. The number of hydrogen-bond donors (Lipinski definition) is 1. The van der Waals surface area contributed by atoms with Crippen molar-refractivity contribution >= 4 is 18.7 Å². The maximum absolute atomic E-state index is 11.3. The van der Waals surface area contributed by atoms with Crippen LogP contribution in [-0.4, -0.2) is 31.0 Å². The molecule has 0 saturated carbocycles. The van der Waals surface area contributed by atoms with Crippen molar-refractivity contribution < 1.29 is 23.6 Å². The number of primary amides is 1. The van der Waals surface area contributed by atoms with E-state index in [9.17, 15) is 4.79 Å². The second-order valence-corrected chi connectivity index (χ2v) is 9.48. The predicted octanol–water partition coefficient (Wildman–Crippen LogP) is 3.24. The van der Waals surface area contributed by atoms with Gasteiger partial charge in [-0.2, -0.15) is 0 Å². The van der Waals surface area contributed by atoms with Crippen LogP contribution < -0.4 is 11.2 Å². The van der Waals surface area contributed by atoms with Gasteiger partial charge in [0, 0.05) is 5.56 Å². The van der Waals surface area contributed by atoms with E-state index in [2.05, 4.69) is 20.8 Å². The molecule has 0 aromatic heterocycles. The van der Waals surface area contributed by atoms with E-state index in [1.807, 2.05) is 45.9 Å². The lowest BCUT2D eigenvalue weighted by Crippen LogP contribution is -2.41. The van der Waals surface area contributed by atoms with Crippen LogP contribution in [0.1, 0.15) is 71.8 Å². The smallest absolute Gasteiger partial charge is 0.439 e. The van der Waals surface area contributed by atoms with Gasteiger partial charge < -0.3 is 24.5 Å². The van der Waals surface area contributed by atoms with Gasteiger partial charge in [0.2, 0.25) is 0 Å². The Morgan fingerprint density at radius 1 is 1.15 bits per heavy atom. The molecule has 3 rings (SSSR count). The summed E-state index contributed by atoms with van der Waals surface area (Å²) in [5, 5.41) is 0. The Balaban J connectivity index is 2.00. The van der Waals surface area contributed by atoms with Crippen LogP contribution in [0.3, 0.4) is 0 Å². The Morgan fingerprint density at radius 3 is 2.26 bits per heavy atom. The molecule has 0 radical (unpaired) electrons. The van der Waals surface area contributed by atoms with Crippen LogP contribution in [-0.2, 0) is 18.8 Å². The van der Waals surface area contributed by atoms with Crippen LogP contribution in [0, 0.1) is 5.41 Å². The third-order valence-electron chi connectivity index (χ3n) is 5.72. The first-order valence-corrected chi connectivity index (χ1v) is 9.39. The van der Waals surface area contributed by atoms with Gasteiger partial charge in [0.15, 0.2) is 6.10 Å². The Labute approximate surface area is 161 Å². The van der Waals surface area contributed by atoms with Crippen LogP contribution in [0.2, 0.25) is 0 Å². The summed E-state index contributed by atoms with van der Waals surface area (Å²) >= 11 is 0. The lowest BCUT2D eigenvalue weighted by molar-refractivity contribution is -0.0772. The summed E-state index contributed by atoms with van der Waals surface area (Å²) < 4.78 is 23.7. The highest BCUT2D eigenvalue weighted by Crippen LogP contribution is 2.44. The molecule has 0 spiro atoms. The molecule has 1 fully saturated rings. The Hall–Kier alpha value is -1.57. The van der Waals surface area contributed by atoms with Crippen molar-refractivity contribution in [2.75, 3.05) is 6.61 Å². The first-order chi connectivity index (χ1) is 12.3. The van der Waals surface area contributed by atoms with Crippen molar-refractivity contribution in [1.82, 2.24) is 0 Å². The molecule has 148 valence electrons. The third kappa shape index (κ3) is 3.73. The van der Waals surface area contributed by atoms with Crippen molar-refractivity contribution in [2.24, 2.45) is 11.1 Å². The Morgan fingerprint density at radius 2 is 1.74 bits per heavy atom. The molecule has 1 aromatic rings. The van der Waals surface area contributed by atoms with E-state index in [-0.39, 0.29) is 18.1 Å². The normalized spacial score (nSPS) is 26.6. The maximum atomic E-state index is 11.3. The second-order valence-electron chi connectivity index (χ2n) is 9.48. The molecule has 1 amide bonds. The number of fused-ring (bicyclic) bond motifs is 1. The SMILES string of the molecule is CC(C)(C)C1OCC(OC(N)=O)c2ccc(B3OC(C)(C)C(C)(C)O3)cc21. The molecule has 7 heteroatoms. The first kappa shape index (κ1) is 20.2. The van der Waals surface area contributed by atoms with Crippen LogP contribution in [0.25, 0.3) is 0 Å². The molecular formula is C20H30BNO5. The Kier molecular flexibility index (Phi) is 4.86. The van der Waals surface area contributed by atoms with Gasteiger partial charge in [-0.3, -0.25) is 0 Å². The third-order valence-corrected chi connectivity index (χ3v) is 5.72. The summed E-state index contributed by atoms with van der Waals surface area (Å²) in [6, 6.07) is 5.97. The number of ether oxygens (including phenoxy) is 2. The molecule has 2 N–H and O–H groups in total. The van der Waals surface area contributed by atoms with Gasteiger partial charge in [-0.1, -0.05) is 39.0 Å².